The molecule has 0 amide bonds. The molecule has 0 aromatic carbocycles. The molecule has 0 fully saturated rings. The van der Waals surface area contributed by atoms with Crippen LogP contribution in [0.3, 0.4) is 0 Å². The van der Waals surface area contributed by atoms with Crippen molar-refractivity contribution in [2.45, 2.75) is 33.2 Å². The highest BCUT2D eigenvalue weighted by molar-refractivity contribution is 5.92. The van der Waals surface area contributed by atoms with Crippen molar-refractivity contribution in [1.29, 1.82) is 0 Å². The molecule has 0 spiro atoms. The predicted molar refractivity (Wildman–Crippen MR) is 60.1 cm³/mol. The minimum atomic E-state index is 0. The van der Waals surface area contributed by atoms with Crippen molar-refractivity contribution in [3.8, 4) is 0 Å². The Bertz CT molecular complexity index is 241. The van der Waals surface area contributed by atoms with Crippen LogP contribution in [0.1, 0.15) is 28.6 Å². The Morgan fingerprint density at radius 2 is 2.29 bits per heavy atom. The first-order chi connectivity index (χ1) is 6.63. The summed E-state index contributed by atoms with van der Waals surface area (Å²) in [4.78, 5) is 11.1. The van der Waals surface area contributed by atoms with Gasteiger partial charge in [-0.05, 0) is 12.8 Å². The van der Waals surface area contributed by atoms with Crippen molar-refractivity contribution in [3.05, 3.63) is 11.8 Å². The van der Waals surface area contributed by atoms with E-state index in [9.17, 15) is 4.79 Å². The van der Waals surface area contributed by atoms with Crippen LogP contribution in [0.25, 0.3) is 0 Å². The third-order valence-corrected chi connectivity index (χ3v) is 2.86. The van der Waals surface area contributed by atoms with Gasteiger partial charge in [-0.3, -0.25) is 4.79 Å². The summed E-state index contributed by atoms with van der Waals surface area (Å²) in [5.41, 5.74) is 1.02. The van der Waals surface area contributed by atoms with E-state index in [-0.39, 0.29) is 7.21 Å². The second-order valence-electron chi connectivity index (χ2n) is 4.06. The number of carbonyl (C=O) groups is 1. The van der Waals surface area contributed by atoms with Gasteiger partial charge in [-0.25, -0.2) is 0 Å². The Hall–Kier alpha value is -0.830. The average molecular weight is 198 g/mol. The molecule has 0 saturated carbocycles. The Morgan fingerprint density at radius 3 is 2.86 bits per heavy atom. The van der Waals surface area contributed by atoms with E-state index in [1.165, 1.54) is 0 Å². The van der Waals surface area contributed by atoms with Crippen LogP contribution >= 0.6 is 0 Å². The first kappa shape index (κ1) is 11.2. The zero-order chi connectivity index (χ0) is 10.6. The number of carbonyl (C=O) groups excluding carboxylic acids is 1. The molecule has 0 aromatic heterocycles. The Morgan fingerprint density at radius 1 is 1.57 bits per heavy atom. The van der Waals surface area contributed by atoms with E-state index in [2.05, 4.69) is 31.4 Å². The summed E-state index contributed by atoms with van der Waals surface area (Å²) < 4.78 is 0. The van der Waals surface area contributed by atoms with Gasteiger partial charge in [0.05, 0.1) is 6.54 Å². The molecule has 14 heavy (non-hydrogen) atoms. The van der Waals surface area contributed by atoms with Gasteiger partial charge in [0.2, 0.25) is 0 Å². The standard InChI is InChI=1S/C11H20N2O.H2/c1-4-8(2)9(3)13-10-5-11(14)7-12-6-10;/h5,8-9,12-13H,4,6-7H2,1-3H3;1H. The lowest BCUT2D eigenvalue weighted by atomic mass is 10.0. The zero-order valence-electron chi connectivity index (χ0n) is 9.26. The van der Waals surface area contributed by atoms with E-state index in [0.717, 1.165) is 18.7 Å². The monoisotopic (exact) mass is 198 g/mol. The summed E-state index contributed by atoms with van der Waals surface area (Å²) >= 11 is 0. The molecule has 0 bridgehead atoms. The van der Waals surface area contributed by atoms with E-state index >= 15 is 0 Å². The Kier molecular flexibility index (Phi) is 4.14. The van der Waals surface area contributed by atoms with Gasteiger partial charge in [-0.15, -0.1) is 0 Å². The molecule has 1 rings (SSSR count). The largest absolute Gasteiger partial charge is 0.384 e. The molecule has 82 valence electrons. The van der Waals surface area contributed by atoms with Crippen LogP contribution in [0.5, 0.6) is 0 Å². The molecular weight excluding hydrogens is 176 g/mol. The fourth-order valence-corrected chi connectivity index (χ4v) is 1.50. The molecule has 0 saturated heterocycles. The van der Waals surface area contributed by atoms with Crippen LogP contribution < -0.4 is 10.6 Å². The lowest BCUT2D eigenvalue weighted by molar-refractivity contribution is -0.114. The van der Waals surface area contributed by atoms with Crippen LogP contribution in [0, 0.1) is 5.92 Å². The second kappa shape index (κ2) is 5.15. The maximum atomic E-state index is 11.1. The fraction of sp³-hybridized carbons (Fsp3) is 0.727. The topological polar surface area (TPSA) is 41.1 Å². The fourth-order valence-electron chi connectivity index (χ4n) is 1.50. The van der Waals surface area contributed by atoms with Gasteiger partial charge in [-0.2, -0.15) is 0 Å². The van der Waals surface area contributed by atoms with E-state index in [1.807, 2.05) is 0 Å². The van der Waals surface area contributed by atoms with Gasteiger partial charge < -0.3 is 10.6 Å². The smallest absolute Gasteiger partial charge is 0.171 e. The van der Waals surface area contributed by atoms with Crippen LogP contribution in [0.15, 0.2) is 11.8 Å². The highest BCUT2D eigenvalue weighted by atomic mass is 16.1. The maximum Gasteiger partial charge on any atom is 0.171 e. The van der Waals surface area contributed by atoms with Crippen molar-refractivity contribution in [1.82, 2.24) is 10.6 Å². The lowest BCUT2D eigenvalue weighted by Crippen LogP contribution is -2.39. The van der Waals surface area contributed by atoms with Crippen LogP contribution in [-0.4, -0.2) is 24.9 Å². The minimum Gasteiger partial charge on any atom is -0.384 e. The quantitative estimate of drug-likeness (QED) is 0.715. The van der Waals surface area contributed by atoms with Gasteiger partial charge in [0.15, 0.2) is 5.78 Å². The molecule has 1 aliphatic heterocycles. The maximum absolute atomic E-state index is 11.1. The highest BCUT2D eigenvalue weighted by Gasteiger charge is 2.14. The van der Waals surface area contributed by atoms with E-state index in [1.54, 1.807) is 6.08 Å². The third-order valence-electron chi connectivity index (χ3n) is 2.86. The first-order valence-corrected chi connectivity index (χ1v) is 5.34. The molecule has 0 aromatic rings. The molecule has 3 nitrogen and oxygen atoms in total. The number of rotatable bonds is 4. The summed E-state index contributed by atoms with van der Waals surface area (Å²) in [5.74, 6) is 0.794. The molecule has 0 aliphatic carbocycles. The van der Waals surface area contributed by atoms with Gasteiger partial charge in [-0.1, -0.05) is 20.3 Å². The molecule has 0 radical (unpaired) electrons. The molecule has 1 aliphatic rings. The van der Waals surface area contributed by atoms with Gasteiger partial charge in [0.25, 0.3) is 0 Å². The number of ketones is 1. The first-order valence-electron chi connectivity index (χ1n) is 5.34. The van der Waals surface area contributed by atoms with Crippen molar-refractivity contribution in [2.75, 3.05) is 13.1 Å². The van der Waals surface area contributed by atoms with Gasteiger partial charge in [0.1, 0.15) is 0 Å². The van der Waals surface area contributed by atoms with Crippen molar-refractivity contribution >= 4 is 5.78 Å². The number of hydrogen-bond acceptors (Lipinski definition) is 3. The van der Waals surface area contributed by atoms with Crippen molar-refractivity contribution in [2.24, 2.45) is 5.92 Å². The summed E-state index contributed by atoms with van der Waals surface area (Å²) in [6.07, 6.45) is 2.87. The number of hydrogen-bond donors (Lipinski definition) is 2. The second-order valence-corrected chi connectivity index (χ2v) is 4.06. The Labute approximate surface area is 87.4 Å². The molecule has 2 N–H and O–H groups in total. The third kappa shape index (κ3) is 3.14. The van der Waals surface area contributed by atoms with Crippen LogP contribution in [0.2, 0.25) is 0 Å². The van der Waals surface area contributed by atoms with Gasteiger partial charge >= 0.3 is 0 Å². The lowest BCUT2D eigenvalue weighted by Gasteiger charge is -2.24. The van der Waals surface area contributed by atoms with E-state index in [4.69, 9.17) is 0 Å². The molecule has 2 atom stereocenters. The Balaban J connectivity index is 0.00000196. The summed E-state index contributed by atoms with van der Waals surface area (Å²) in [5, 5.41) is 6.44. The molecule has 1 heterocycles. The van der Waals surface area contributed by atoms with Crippen molar-refractivity contribution < 1.29 is 6.22 Å². The van der Waals surface area contributed by atoms with Gasteiger partial charge in [0, 0.05) is 25.8 Å². The molecular formula is C11H22N2O. The average Bonchev–Trinajstić information content (AvgIpc) is 2.16. The summed E-state index contributed by atoms with van der Waals surface area (Å²) in [7, 11) is 0. The van der Waals surface area contributed by atoms with Crippen molar-refractivity contribution in [3.63, 3.8) is 0 Å². The molecule has 2 unspecified atom stereocenters. The molecule has 3 heteroatoms. The summed E-state index contributed by atoms with van der Waals surface area (Å²) in [6, 6.07) is 0.430. The SMILES string of the molecule is CCC(C)C(C)NC1=CC(=O)CNC1.[HH]. The van der Waals surface area contributed by atoms with E-state index in [0.29, 0.717) is 18.5 Å². The minimum absolute atomic E-state index is 0. The highest BCUT2D eigenvalue weighted by Crippen LogP contribution is 2.08. The number of nitrogens with one attached hydrogen (secondary N) is 2. The summed E-state index contributed by atoms with van der Waals surface area (Å²) in [6.45, 7) is 7.82. The predicted octanol–water partition coefficient (Wildman–Crippen LogP) is 1.31. The zero-order valence-corrected chi connectivity index (χ0v) is 9.26. The van der Waals surface area contributed by atoms with E-state index < -0.39 is 0 Å². The van der Waals surface area contributed by atoms with Crippen LogP contribution in [0.4, 0.5) is 0 Å². The van der Waals surface area contributed by atoms with Crippen LogP contribution in [-0.2, 0) is 4.79 Å². The normalized spacial score (nSPS) is 21.4.